The van der Waals surface area contributed by atoms with Crippen LogP contribution in [0, 0.1) is 0 Å². The molecule has 4 rings (SSSR count). The number of fused-ring (bicyclic) bond motifs is 5. The lowest BCUT2D eigenvalue weighted by atomic mass is 10.1. The van der Waals surface area contributed by atoms with Gasteiger partial charge in [0.2, 0.25) is 0 Å². The van der Waals surface area contributed by atoms with Crippen LogP contribution >= 0.6 is 11.6 Å². The molecule has 0 atom stereocenters. The van der Waals surface area contributed by atoms with Crippen LogP contribution in [0.1, 0.15) is 12.5 Å². The van der Waals surface area contributed by atoms with E-state index in [2.05, 4.69) is 22.2 Å². The molecule has 0 aliphatic rings. The van der Waals surface area contributed by atoms with E-state index in [0.717, 1.165) is 38.8 Å². The first-order chi connectivity index (χ1) is 11.3. The molecule has 0 amide bonds. The monoisotopic (exact) mass is 319 g/mol. The second-order valence-electron chi connectivity index (χ2n) is 5.31. The first kappa shape index (κ1) is 14.0. The smallest absolute Gasteiger partial charge is 0.147 e. The zero-order valence-corrected chi connectivity index (χ0v) is 13.4. The summed E-state index contributed by atoms with van der Waals surface area (Å²) in [5, 5.41) is 1.56. The number of benzene rings is 2. The normalized spacial score (nSPS) is 11.9. The molecule has 0 N–H and O–H groups in total. The van der Waals surface area contributed by atoms with E-state index < -0.39 is 0 Å². The minimum atomic E-state index is 0.662. The molecule has 3 nitrogen and oxygen atoms in total. The van der Waals surface area contributed by atoms with Gasteiger partial charge in [0.1, 0.15) is 5.65 Å². The van der Waals surface area contributed by atoms with Gasteiger partial charge in [0, 0.05) is 10.9 Å². The van der Waals surface area contributed by atoms with Crippen molar-refractivity contribution in [3.05, 3.63) is 59.1 Å². The van der Waals surface area contributed by atoms with Crippen LogP contribution in [0.15, 0.2) is 53.5 Å². The Kier molecular flexibility index (Phi) is 3.17. The molecular formula is C19H14ClN3. The summed E-state index contributed by atoms with van der Waals surface area (Å²) in [6, 6.07) is 13.9. The maximum Gasteiger partial charge on any atom is 0.147 e. The molecule has 0 fully saturated rings. The SMILES string of the molecule is C=Nc1c(/C=C\C)c2nc3ccccc3n2c2cccc(Cl)c12. The topological polar surface area (TPSA) is 29.7 Å². The zero-order chi connectivity index (χ0) is 16.0. The van der Waals surface area contributed by atoms with Gasteiger partial charge in [-0.15, -0.1) is 0 Å². The average molecular weight is 320 g/mol. The van der Waals surface area contributed by atoms with Gasteiger partial charge < -0.3 is 0 Å². The second-order valence-corrected chi connectivity index (χ2v) is 5.72. The molecular weight excluding hydrogens is 306 g/mol. The van der Waals surface area contributed by atoms with Crippen molar-refractivity contribution in [3.8, 4) is 0 Å². The highest BCUT2D eigenvalue weighted by Gasteiger charge is 2.17. The molecule has 0 aliphatic heterocycles. The maximum absolute atomic E-state index is 6.49. The second kappa shape index (κ2) is 5.21. The van der Waals surface area contributed by atoms with Crippen LogP contribution in [-0.4, -0.2) is 16.1 Å². The van der Waals surface area contributed by atoms with Crippen LogP contribution in [-0.2, 0) is 0 Å². The third-order valence-electron chi connectivity index (χ3n) is 4.02. The number of para-hydroxylation sites is 2. The first-order valence-corrected chi connectivity index (χ1v) is 7.75. The number of pyridine rings is 1. The highest BCUT2D eigenvalue weighted by Crippen LogP contribution is 2.39. The number of hydrogen-bond acceptors (Lipinski definition) is 2. The van der Waals surface area contributed by atoms with Gasteiger partial charge in [-0.05, 0) is 37.9 Å². The Morgan fingerprint density at radius 1 is 1.13 bits per heavy atom. The summed E-state index contributed by atoms with van der Waals surface area (Å²) >= 11 is 6.49. The summed E-state index contributed by atoms with van der Waals surface area (Å²) in [5.41, 5.74) is 5.54. The summed E-state index contributed by atoms with van der Waals surface area (Å²) in [5.74, 6) is 0. The van der Waals surface area contributed by atoms with Gasteiger partial charge in [-0.1, -0.05) is 42.0 Å². The fourth-order valence-electron chi connectivity index (χ4n) is 3.11. The van der Waals surface area contributed by atoms with Crippen molar-refractivity contribution in [1.82, 2.24) is 9.38 Å². The Balaban J connectivity index is 2.42. The van der Waals surface area contributed by atoms with Crippen molar-refractivity contribution >= 4 is 57.7 Å². The van der Waals surface area contributed by atoms with Crippen molar-refractivity contribution in [2.24, 2.45) is 4.99 Å². The molecule has 0 saturated carbocycles. The molecule has 4 heteroatoms. The molecule has 0 radical (unpaired) electrons. The van der Waals surface area contributed by atoms with Gasteiger partial charge in [-0.25, -0.2) is 4.98 Å². The quantitative estimate of drug-likeness (QED) is 0.438. The number of nitrogens with zero attached hydrogens (tertiary/aromatic N) is 3. The predicted molar refractivity (Wildman–Crippen MR) is 99.1 cm³/mol. The number of rotatable bonds is 2. The Morgan fingerprint density at radius 2 is 1.91 bits per heavy atom. The fourth-order valence-corrected chi connectivity index (χ4v) is 3.37. The minimum absolute atomic E-state index is 0.662. The van der Waals surface area contributed by atoms with Crippen molar-refractivity contribution in [1.29, 1.82) is 0 Å². The molecule has 0 aliphatic carbocycles. The summed E-state index contributed by atoms with van der Waals surface area (Å²) in [4.78, 5) is 9.06. The molecule has 0 spiro atoms. The van der Waals surface area contributed by atoms with Crippen LogP contribution in [0.2, 0.25) is 5.02 Å². The number of hydrogen-bond donors (Lipinski definition) is 0. The molecule has 0 unspecified atom stereocenters. The predicted octanol–water partition coefficient (Wildman–Crippen LogP) is 5.66. The number of imidazole rings is 1. The van der Waals surface area contributed by atoms with E-state index in [9.17, 15) is 0 Å². The third kappa shape index (κ3) is 1.90. The van der Waals surface area contributed by atoms with Crippen molar-refractivity contribution < 1.29 is 0 Å². The van der Waals surface area contributed by atoms with Crippen LogP contribution in [0.5, 0.6) is 0 Å². The number of aromatic nitrogens is 2. The largest absolute Gasteiger partial charge is 0.292 e. The van der Waals surface area contributed by atoms with Gasteiger partial charge in [-0.2, -0.15) is 0 Å². The zero-order valence-electron chi connectivity index (χ0n) is 12.6. The van der Waals surface area contributed by atoms with Crippen LogP contribution in [0.4, 0.5) is 5.69 Å². The van der Waals surface area contributed by atoms with E-state index in [1.54, 1.807) is 0 Å². The summed E-state index contributed by atoms with van der Waals surface area (Å²) in [7, 11) is 0. The fraction of sp³-hybridized carbons (Fsp3) is 0.0526. The molecule has 2 heterocycles. The van der Waals surface area contributed by atoms with Gasteiger partial charge in [0.05, 0.1) is 27.3 Å². The van der Waals surface area contributed by atoms with E-state index in [1.165, 1.54) is 0 Å². The summed E-state index contributed by atoms with van der Waals surface area (Å²) < 4.78 is 2.14. The molecule has 112 valence electrons. The van der Waals surface area contributed by atoms with E-state index in [-0.39, 0.29) is 0 Å². The van der Waals surface area contributed by atoms with Gasteiger partial charge in [-0.3, -0.25) is 9.39 Å². The van der Waals surface area contributed by atoms with E-state index in [4.69, 9.17) is 16.6 Å². The molecule has 23 heavy (non-hydrogen) atoms. The van der Waals surface area contributed by atoms with Gasteiger partial charge >= 0.3 is 0 Å². The van der Waals surface area contributed by atoms with Crippen LogP contribution in [0.3, 0.4) is 0 Å². The molecule has 0 bridgehead atoms. The number of halogens is 1. The summed E-state index contributed by atoms with van der Waals surface area (Å²) in [6.07, 6.45) is 3.99. The lowest BCUT2D eigenvalue weighted by molar-refractivity contribution is 1.28. The first-order valence-electron chi connectivity index (χ1n) is 7.37. The van der Waals surface area contributed by atoms with Gasteiger partial charge in [0.25, 0.3) is 0 Å². The number of aliphatic imine (C=N–C) groups is 1. The van der Waals surface area contributed by atoms with Gasteiger partial charge in [0.15, 0.2) is 0 Å². The standard InChI is InChI=1S/C19H14ClN3/c1-3-7-12-18(21-2)17-13(20)8-6-11-16(17)23-15-10-5-4-9-14(15)22-19(12)23/h3-11H,2H2,1H3/b7-3-. The lowest BCUT2D eigenvalue weighted by Crippen LogP contribution is -1.93. The number of allylic oxidation sites excluding steroid dienone is 1. The minimum Gasteiger partial charge on any atom is -0.292 e. The average Bonchev–Trinajstić information content (AvgIpc) is 2.95. The molecule has 2 aromatic heterocycles. The third-order valence-corrected chi connectivity index (χ3v) is 4.33. The maximum atomic E-state index is 6.49. The summed E-state index contributed by atoms with van der Waals surface area (Å²) in [6.45, 7) is 5.72. The highest BCUT2D eigenvalue weighted by atomic mass is 35.5. The van der Waals surface area contributed by atoms with E-state index >= 15 is 0 Å². The Labute approximate surface area is 138 Å². The molecule has 2 aromatic carbocycles. The highest BCUT2D eigenvalue weighted by molar-refractivity contribution is 6.36. The van der Waals surface area contributed by atoms with E-state index in [1.807, 2.05) is 55.5 Å². The Morgan fingerprint density at radius 3 is 2.70 bits per heavy atom. The Bertz CT molecular complexity index is 1110. The van der Waals surface area contributed by atoms with Crippen molar-refractivity contribution in [2.75, 3.05) is 0 Å². The van der Waals surface area contributed by atoms with Crippen molar-refractivity contribution in [2.45, 2.75) is 6.92 Å². The van der Waals surface area contributed by atoms with E-state index in [0.29, 0.717) is 5.02 Å². The molecule has 0 saturated heterocycles. The van der Waals surface area contributed by atoms with Crippen LogP contribution in [0.25, 0.3) is 33.7 Å². The Hall–Kier alpha value is -2.65. The van der Waals surface area contributed by atoms with Crippen LogP contribution < -0.4 is 0 Å². The lowest BCUT2D eigenvalue weighted by Gasteiger charge is -2.12. The van der Waals surface area contributed by atoms with Crippen molar-refractivity contribution in [3.63, 3.8) is 0 Å². The molecule has 4 aromatic rings.